The second-order valence-corrected chi connectivity index (χ2v) is 6.61. The zero-order valence-electron chi connectivity index (χ0n) is 14.2. The molecule has 8 heteroatoms. The predicted molar refractivity (Wildman–Crippen MR) is 82.5 cm³/mol. The lowest BCUT2D eigenvalue weighted by molar-refractivity contribution is -0.306. The molecule has 0 heterocycles. The number of alkyl halides is 5. The largest absolute Gasteiger partial charge is 0.453 e. The van der Waals surface area contributed by atoms with Crippen molar-refractivity contribution in [1.82, 2.24) is 0 Å². The summed E-state index contributed by atoms with van der Waals surface area (Å²) in [5, 5.41) is 0. The van der Waals surface area contributed by atoms with Crippen molar-refractivity contribution in [2.45, 2.75) is 57.5 Å². The van der Waals surface area contributed by atoms with E-state index in [1.54, 1.807) is 6.07 Å². The summed E-state index contributed by atoms with van der Waals surface area (Å²) in [5.41, 5.74) is 0.750. The van der Waals surface area contributed by atoms with E-state index in [0.717, 1.165) is 12.0 Å². The number of halogens is 6. The molecule has 0 spiro atoms. The predicted octanol–water partition coefficient (Wildman–Crippen LogP) is 5.69. The van der Waals surface area contributed by atoms with Gasteiger partial charge in [-0.1, -0.05) is 19.4 Å². The Morgan fingerprint density at radius 1 is 1.12 bits per heavy atom. The summed E-state index contributed by atoms with van der Waals surface area (Å²) < 4.78 is 82.9. The second kappa shape index (κ2) is 7.88. The molecular weight excluding hydrogens is 362 g/mol. The summed E-state index contributed by atoms with van der Waals surface area (Å²) in [6.07, 6.45) is -5.29. The molecule has 2 rings (SSSR count). The van der Waals surface area contributed by atoms with Crippen LogP contribution in [0, 0.1) is 17.7 Å². The molecule has 2 nitrogen and oxygen atoms in total. The highest BCUT2D eigenvalue weighted by atomic mass is 19.4. The first-order chi connectivity index (χ1) is 12.1. The Morgan fingerprint density at radius 3 is 2.23 bits per heavy atom. The van der Waals surface area contributed by atoms with Crippen molar-refractivity contribution in [3.05, 3.63) is 29.6 Å². The third-order valence-electron chi connectivity index (χ3n) is 4.70. The third-order valence-corrected chi connectivity index (χ3v) is 4.70. The molecule has 0 unspecified atom stereocenters. The van der Waals surface area contributed by atoms with E-state index in [1.807, 2.05) is 6.92 Å². The number of carbonyl (C=O) groups is 1. The minimum absolute atomic E-state index is 0.148. The average Bonchev–Trinajstić information content (AvgIpc) is 2.56. The van der Waals surface area contributed by atoms with Gasteiger partial charge in [0.25, 0.3) is 0 Å². The Bertz CT molecular complexity index is 633. The van der Waals surface area contributed by atoms with Gasteiger partial charge < -0.3 is 4.74 Å². The molecule has 146 valence electrons. The maximum atomic E-state index is 13.9. The first kappa shape index (κ1) is 20.6. The Balaban J connectivity index is 1.95. The van der Waals surface area contributed by atoms with E-state index in [4.69, 9.17) is 4.74 Å². The number of aryl methyl sites for hydroxylation is 1. The van der Waals surface area contributed by atoms with E-state index in [-0.39, 0.29) is 18.6 Å². The van der Waals surface area contributed by atoms with Crippen LogP contribution in [0.15, 0.2) is 18.2 Å². The molecule has 26 heavy (non-hydrogen) atoms. The molecule has 0 saturated heterocycles. The standard InChI is InChI=1S/C18H20F6O2/c1-2-3-11-4-9-15(14(19)10-11)26-16(25)12-5-7-13(8-6-12)17(20,21)18(22,23)24/h4,9-10,12-13H,2-3,5-8H2,1H3. The summed E-state index contributed by atoms with van der Waals surface area (Å²) in [6.45, 7) is 1.94. The topological polar surface area (TPSA) is 26.3 Å². The van der Waals surface area contributed by atoms with Gasteiger partial charge in [-0.3, -0.25) is 4.79 Å². The SMILES string of the molecule is CCCc1ccc(OC(=O)C2CCC(C(F)(F)C(F)(F)F)CC2)c(F)c1. The molecule has 0 bridgehead atoms. The number of ether oxygens (including phenoxy) is 1. The van der Waals surface area contributed by atoms with Gasteiger partial charge in [-0.15, -0.1) is 0 Å². The zero-order valence-corrected chi connectivity index (χ0v) is 14.2. The molecule has 0 atom stereocenters. The van der Waals surface area contributed by atoms with Gasteiger partial charge in [0.1, 0.15) is 0 Å². The second-order valence-electron chi connectivity index (χ2n) is 6.61. The Hall–Kier alpha value is -1.73. The Kier molecular flexibility index (Phi) is 6.24. The van der Waals surface area contributed by atoms with E-state index >= 15 is 0 Å². The van der Waals surface area contributed by atoms with Crippen LogP contribution >= 0.6 is 0 Å². The number of rotatable bonds is 5. The van der Waals surface area contributed by atoms with Crippen molar-refractivity contribution in [2.24, 2.45) is 11.8 Å². The van der Waals surface area contributed by atoms with E-state index in [9.17, 15) is 31.1 Å². The molecule has 0 amide bonds. The van der Waals surface area contributed by atoms with Gasteiger partial charge in [0.05, 0.1) is 5.92 Å². The number of hydrogen-bond acceptors (Lipinski definition) is 2. The van der Waals surface area contributed by atoms with Gasteiger partial charge in [-0.25, -0.2) is 4.39 Å². The fourth-order valence-electron chi connectivity index (χ4n) is 3.19. The molecule has 1 aromatic carbocycles. The van der Waals surface area contributed by atoms with Crippen LogP contribution in [-0.4, -0.2) is 18.1 Å². The number of carbonyl (C=O) groups excluding carboxylic acids is 1. The zero-order chi connectivity index (χ0) is 19.5. The van der Waals surface area contributed by atoms with Crippen LogP contribution < -0.4 is 4.74 Å². The van der Waals surface area contributed by atoms with Gasteiger partial charge in [0.2, 0.25) is 0 Å². The number of esters is 1. The molecule has 0 N–H and O–H groups in total. The van der Waals surface area contributed by atoms with Crippen molar-refractivity contribution < 1.29 is 35.9 Å². The normalized spacial score (nSPS) is 21.5. The van der Waals surface area contributed by atoms with E-state index < -0.39 is 48.6 Å². The fraction of sp³-hybridized carbons (Fsp3) is 0.611. The van der Waals surface area contributed by atoms with Crippen LogP contribution in [0.5, 0.6) is 5.75 Å². The van der Waals surface area contributed by atoms with Crippen LogP contribution in [0.25, 0.3) is 0 Å². The molecule has 1 aliphatic rings. The highest BCUT2D eigenvalue weighted by molar-refractivity contribution is 5.75. The monoisotopic (exact) mass is 382 g/mol. The van der Waals surface area contributed by atoms with Gasteiger partial charge in [0, 0.05) is 5.92 Å². The molecular formula is C18H20F6O2. The fourth-order valence-corrected chi connectivity index (χ4v) is 3.19. The van der Waals surface area contributed by atoms with Crippen molar-refractivity contribution in [3.63, 3.8) is 0 Å². The average molecular weight is 382 g/mol. The highest BCUT2D eigenvalue weighted by Crippen LogP contribution is 2.47. The summed E-state index contributed by atoms with van der Waals surface area (Å²) in [5.74, 6) is -9.22. The summed E-state index contributed by atoms with van der Waals surface area (Å²) in [4.78, 5) is 12.1. The van der Waals surface area contributed by atoms with Crippen molar-refractivity contribution in [1.29, 1.82) is 0 Å². The maximum absolute atomic E-state index is 13.9. The molecule has 0 radical (unpaired) electrons. The molecule has 1 fully saturated rings. The summed E-state index contributed by atoms with van der Waals surface area (Å²) >= 11 is 0. The van der Waals surface area contributed by atoms with Crippen LogP contribution in [-0.2, 0) is 11.2 Å². The molecule has 0 aliphatic heterocycles. The first-order valence-corrected chi connectivity index (χ1v) is 8.51. The third kappa shape index (κ3) is 4.51. The van der Waals surface area contributed by atoms with Crippen LogP contribution in [0.2, 0.25) is 0 Å². The van der Waals surface area contributed by atoms with Gasteiger partial charge in [0.15, 0.2) is 11.6 Å². The molecule has 0 aromatic heterocycles. The van der Waals surface area contributed by atoms with Crippen LogP contribution in [0.1, 0.15) is 44.6 Å². The lowest BCUT2D eigenvalue weighted by Crippen LogP contribution is -2.45. The summed E-state index contributed by atoms with van der Waals surface area (Å²) in [6, 6.07) is 4.20. The molecule has 1 aromatic rings. The minimum atomic E-state index is -5.60. The maximum Gasteiger partial charge on any atom is 0.453 e. The minimum Gasteiger partial charge on any atom is -0.423 e. The highest BCUT2D eigenvalue weighted by Gasteiger charge is 2.62. The van der Waals surface area contributed by atoms with Crippen LogP contribution in [0.4, 0.5) is 26.3 Å². The number of benzene rings is 1. The first-order valence-electron chi connectivity index (χ1n) is 8.51. The van der Waals surface area contributed by atoms with Crippen molar-refractivity contribution in [3.8, 4) is 5.75 Å². The number of hydrogen-bond donors (Lipinski definition) is 0. The van der Waals surface area contributed by atoms with Gasteiger partial charge in [-0.05, 0) is 49.8 Å². The van der Waals surface area contributed by atoms with Gasteiger partial charge >= 0.3 is 18.1 Å². The smallest absolute Gasteiger partial charge is 0.423 e. The lowest BCUT2D eigenvalue weighted by atomic mass is 9.78. The van der Waals surface area contributed by atoms with E-state index in [0.29, 0.717) is 6.42 Å². The van der Waals surface area contributed by atoms with E-state index in [2.05, 4.69) is 0 Å². The van der Waals surface area contributed by atoms with Crippen LogP contribution in [0.3, 0.4) is 0 Å². The van der Waals surface area contributed by atoms with E-state index in [1.165, 1.54) is 12.1 Å². The molecule has 1 aliphatic carbocycles. The van der Waals surface area contributed by atoms with Crippen molar-refractivity contribution >= 4 is 5.97 Å². The van der Waals surface area contributed by atoms with Gasteiger partial charge in [-0.2, -0.15) is 22.0 Å². The summed E-state index contributed by atoms with van der Waals surface area (Å²) in [7, 11) is 0. The van der Waals surface area contributed by atoms with Crippen molar-refractivity contribution in [2.75, 3.05) is 0 Å². The molecule has 1 saturated carbocycles. The lowest BCUT2D eigenvalue weighted by Gasteiger charge is -2.33. The Morgan fingerprint density at radius 2 is 1.73 bits per heavy atom. The quantitative estimate of drug-likeness (QED) is 0.372. The Labute approximate surface area is 147 Å².